The minimum atomic E-state index is -3.49. The van der Waals surface area contributed by atoms with Crippen molar-refractivity contribution < 1.29 is 13.2 Å². The summed E-state index contributed by atoms with van der Waals surface area (Å²) in [7, 11) is -3.49. The van der Waals surface area contributed by atoms with Crippen LogP contribution in [0.5, 0.6) is 0 Å². The topological polar surface area (TPSA) is 95.5 Å². The number of hydrogen-bond donors (Lipinski definition) is 1. The van der Waals surface area contributed by atoms with Crippen LogP contribution in [-0.4, -0.2) is 66.1 Å². The van der Waals surface area contributed by atoms with Crippen LogP contribution in [0.1, 0.15) is 22.6 Å². The van der Waals surface area contributed by atoms with Gasteiger partial charge in [-0.25, -0.2) is 18.4 Å². The van der Waals surface area contributed by atoms with Crippen LogP contribution >= 0.6 is 0 Å². The molecule has 3 heterocycles. The van der Waals surface area contributed by atoms with Gasteiger partial charge in [0.1, 0.15) is 11.6 Å². The highest BCUT2D eigenvalue weighted by molar-refractivity contribution is 7.89. The summed E-state index contributed by atoms with van der Waals surface area (Å²) in [4.78, 5) is 24.0. The maximum atomic E-state index is 12.9. The number of aromatic nitrogens is 2. The summed E-state index contributed by atoms with van der Waals surface area (Å²) in [5.41, 5.74) is 1.41. The number of nitrogens with one attached hydrogen (secondary N) is 1. The Labute approximate surface area is 181 Å². The molecule has 0 saturated carbocycles. The third-order valence-corrected chi connectivity index (χ3v) is 7.69. The average Bonchev–Trinajstić information content (AvgIpc) is 3.03. The second-order valence-electron chi connectivity index (χ2n) is 7.81. The van der Waals surface area contributed by atoms with E-state index in [1.54, 1.807) is 28.6 Å². The molecule has 0 atom stereocenters. The van der Waals surface area contributed by atoms with Crippen molar-refractivity contribution in [3.8, 4) is 0 Å². The van der Waals surface area contributed by atoms with Gasteiger partial charge in [0.05, 0.1) is 28.9 Å². The third kappa shape index (κ3) is 3.80. The normalized spacial score (nSPS) is 18.0. The zero-order valence-electron chi connectivity index (χ0n) is 17.0. The minimum absolute atomic E-state index is 0.0432. The molecule has 3 aromatic rings. The molecule has 1 saturated heterocycles. The lowest BCUT2D eigenvalue weighted by atomic mass is 10.0. The van der Waals surface area contributed by atoms with Crippen LogP contribution in [0.15, 0.2) is 53.4 Å². The van der Waals surface area contributed by atoms with Crippen LogP contribution in [-0.2, 0) is 16.6 Å². The second kappa shape index (κ2) is 7.99. The lowest BCUT2D eigenvalue weighted by molar-refractivity contribution is 0.101. The van der Waals surface area contributed by atoms with Crippen molar-refractivity contribution in [2.45, 2.75) is 17.9 Å². The van der Waals surface area contributed by atoms with E-state index in [2.05, 4.69) is 20.2 Å². The lowest BCUT2D eigenvalue weighted by Crippen LogP contribution is -2.35. The summed E-state index contributed by atoms with van der Waals surface area (Å²) in [6.07, 6.45) is 0.739. The van der Waals surface area contributed by atoms with Gasteiger partial charge in [-0.05, 0) is 31.2 Å². The van der Waals surface area contributed by atoms with E-state index < -0.39 is 10.0 Å². The number of rotatable bonds is 4. The van der Waals surface area contributed by atoms with Crippen LogP contribution in [0.25, 0.3) is 10.9 Å². The van der Waals surface area contributed by atoms with Crippen LogP contribution < -0.4 is 5.32 Å². The number of hydrogen-bond acceptors (Lipinski definition) is 7. The molecule has 2 aromatic carbocycles. The van der Waals surface area contributed by atoms with Crippen molar-refractivity contribution in [3.05, 3.63) is 59.9 Å². The van der Waals surface area contributed by atoms with Crippen molar-refractivity contribution >= 4 is 32.5 Å². The maximum absolute atomic E-state index is 12.9. The van der Waals surface area contributed by atoms with Gasteiger partial charge in [-0.2, -0.15) is 4.31 Å². The van der Waals surface area contributed by atoms with E-state index in [1.165, 1.54) is 0 Å². The first kappa shape index (κ1) is 20.0. The van der Waals surface area contributed by atoms with Crippen molar-refractivity contribution in [3.63, 3.8) is 0 Å². The molecule has 5 rings (SSSR count). The van der Waals surface area contributed by atoms with E-state index in [9.17, 15) is 13.2 Å². The Kier molecular flexibility index (Phi) is 5.17. The summed E-state index contributed by atoms with van der Waals surface area (Å²) < 4.78 is 27.5. The Morgan fingerprint density at radius 3 is 2.61 bits per heavy atom. The summed E-state index contributed by atoms with van der Waals surface area (Å²) >= 11 is 0. The first-order valence-electron chi connectivity index (χ1n) is 10.4. The van der Waals surface area contributed by atoms with Gasteiger partial charge in [0.2, 0.25) is 10.0 Å². The minimum Gasteiger partial charge on any atom is -0.362 e. The summed E-state index contributed by atoms with van der Waals surface area (Å²) in [6.45, 7) is 3.05. The third-order valence-electron chi connectivity index (χ3n) is 5.78. The Morgan fingerprint density at radius 2 is 1.77 bits per heavy atom. The quantitative estimate of drug-likeness (QED) is 0.668. The van der Waals surface area contributed by atoms with Crippen LogP contribution in [0.4, 0.5) is 5.82 Å². The van der Waals surface area contributed by atoms with Gasteiger partial charge in [-0.15, -0.1) is 0 Å². The van der Waals surface area contributed by atoms with Crippen LogP contribution in [0, 0.1) is 0 Å². The first-order chi connectivity index (χ1) is 15.0. The highest BCUT2D eigenvalue weighted by Crippen LogP contribution is 2.28. The number of carbonyl (C=O) groups excluding carboxylic acids is 1. The molecule has 31 heavy (non-hydrogen) atoms. The van der Waals surface area contributed by atoms with Gasteiger partial charge < -0.3 is 5.32 Å². The molecule has 2 aliphatic heterocycles. The largest absolute Gasteiger partial charge is 0.362 e. The zero-order chi connectivity index (χ0) is 21.4. The fraction of sp³-hybridized carbons (Fsp3) is 0.318. The maximum Gasteiger partial charge on any atom is 0.243 e. The molecular weight excluding hydrogens is 414 g/mol. The number of benzene rings is 2. The predicted molar refractivity (Wildman–Crippen MR) is 117 cm³/mol. The number of anilines is 1. The molecule has 2 aliphatic rings. The molecule has 1 N–H and O–H groups in total. The number of carbonyl (C=O) groups is 1. The number of ketones is 1. The van der Waals surface area contributed by atoms with Gasteiger partial charge in [-0.1, -0.05) is 30.3 Å². The van der Waals surface area contributed by atoms with Crippen molar-refractivity contribution in [1.82, 2.24) is 19.2 Å². The number of nitrogens with zero attached hydrogens (tertiary/aromatic N) is 4. The number of Topliss-reactive ketones (excluding diaryl/α,β-unsaturated/α-hetero) is 1. The summed E-state index contributed by atoms with van der Waals surface area (Å²) in [5, 5.41) is 3.88. The van der Waals surface area contributed by atoms with Gasteiger partial charge in [0.15, 0.2) is 5.78 Å². The Bertz CT molecular complexity index is 1250. The van der Waals surface area contributed by atoms with E-state index in [-0.39, 0.29) is 12.3 Å². The average molecular weight is 438 g/mol. The van der Waals surface area contributed by atoms with E-state index in [4.69, 9.17) is 0 Å². The fourth-order valence-electron chi connectivity index (χ4n) is 4.21. The van der Waals surface area contributed by atoms with Gasteiger partial charge in [0, 0.05) is 25.2 Å². The molecule has 0 bridgehead atoms. The zero-order valence-corrected chi connectivity index (χ0v) is 17.8. The highest BCUT2D eigenvalue weighted by Gasteiger charge is 2.27. The molecule has 0 unspecified atom stereocenters. The van der Waals surface area contributed by atoms with Crippen molar-refractivity contribution in [1.29, 1.82) is 0 Å². The van der Waals surface area contributed by atoms with E-state index in [1.807, 2.05) is 24.3 Å². The molecule has 0 radical (unpaired) electrons. The van der Waals surface area contributed by atoms with Crippen LogP contribution in [0.2, 0.25) is 0 Å². The van der Waals surface area contributed by atoms with E-state index >= 15 is 0 Å². The van der Waals surface area contributed by atoms with Gasteiger partial charge >= 0.3 is 0 Å². The van der Waals surface area contributed by atoms with Crippen LogP contribution in [0.3, 0.4) is 0 Å². The Balaban J connectivity index is 1.34. The number of sulfonamides is 1. The molecule has 8 nitrogen and oxygen atoms in total. The predicted octanol–water partition coefficient (Wildman–Crippen LogP) is 2.13. The highest BCUT2D eigenvalue weighted by atomic mass is 32.2. The molecule has 1 aromatic heterocycles. The van der Waals surface area contributed by atoms with E-state index in [0.717, 1.165) is 23.9 Å². The van der Waals surface area contributed by atoms with Gasteiger partial charge in [-0.3, -0.25) is 9.69 Å². The Morgan fingerprint density at radius 1 is 0.935 bits per heavy atom. The first-order valence-corrected chi connectivity index (χ1v) is 11.8. The van der Waals surface area contributed by atoms with Gasteiger partial charge in [0.25, 0.3) is 0 Å². The standard InChI is InChI=1S/C22H23N5O3S/c28-19-14-23-22-21-17(19)8-4-9-18(21)24-20(25-22)15-26-10-5-11-27(13-12-26)31(29,30)16-6-2-1-3-7-16/h1-4,6-9H,5,10-15H2,(H,23,24,25). The molecule has 160 valence electrons. The molecule has 0 aliphatic carbocycles. The Hall–Kier alpha value is -2.88. The monoisotopic (exact) mass is 437 g/mol. The molecule has 0 amide bonds. The molecular formula is C22H23N5O3S. The second-order valence-corrected chi connectivity index (χ2v) is 9.75. The molecule has 9 heteroatoms. The van der Waals surface area contributed by atoms with E-state index in [0.29, 0.717) is 48.3 Å². The molecule has 0 spiro atoms. The fourth-order valence-corrected chi connectivity index (χ4v) is 5.70. The summed E-state index contributed by atoms with van der Waals surface area (Å²) in [5.74, 6) is 1.40. The molecule has 1 fully saturated rings. The smallest absolute Gasteiger partial charge is 0.243 e. The SMILES string of the molecule is O=C1CNc2nc(CN3CCCN(S(=O)(=O)c4ccccc4)CC3)nc3cccc1c23. The van der Waals surface area contributed by atoms with Crippen molar-refractivity contribution in [2.24, 2.45) is 0 Å². The summed E-state index contributed by atoms with van der Waals surface area (Å²) in [6, 6.07) is 14.1. The van der Waals surface area contributed by atoms with Crippen molar-refractivity contribution in [2.75, 3.05) is 38.0 Å². The lowest BCUT2D eigenvalue weighted by Gasteiger charge is -2.22.